The number of hydrogen-bond donors (Lipinski definition) is 2. The summed E-state index contributed by atoms with van der Waals surface area (Å²) in [5.74, 6) is -0.494. The molecule has 0 bridgehead atoms. The zero-order valence-corrected chi connectivity index (χ0v) is 15.0. The third-order valence-electron chi connectivity index (χ3n) is 3.74. The van der Waals surface area contributed by atoms with Gasteiger partial charge < -0.3 is 5.32 Å². The Labute approximate surface area is 147 Å². The third-order valence-corrected chi connectivity index (χ3v) is 5.22. The van der Waals surface area contributed by atoms with Gasteiger partial charge in [0.15, 0.2) is 0 Å². The number of benzene rings is 2. The maximum absolute atomic E-state index is 14.1. The summed E-state index contributed by atoms with van der Waals surface area (Å²) in [7, 11) is -3.38. The maximum Gasteiger partial charge on any atom is 0.232 e. The lowest BCUT2D eigenvalue weighted by molar-refractivity contribution is 0.600. The molecule has 0 heterocycles. The van der Waals surface area contributed by atoms with Crippen molar-refractivity contribution in [3.63, 3.8) is 0 Å². The molecule has 132 valence electrons. The summed E-state index contributed by atoms with van der Waals surface area (Å²) < 4.78 is 40.6. The lowest BCUT2D eigenvalue weighted by Gasteiger charge is -2.15. The van der Waals surface area contributed by atoms with Gasteiger partial charge in [0.25, 0.3) is 0 Å². The molecule has 5 nitrogen and oxygen atoms in total. The van der Waals surface area contributed by atoms with Crippen molar-refractivity contribution >= 4 is 21.4 Å². The van der Waals surface area contributed by atoms with Crippen LogP contribution < -0.4 is 10.0 Å². The van der Waals surface area contributed by atoms with Crippen LogP contribution in [0.4, 0.5) is 15.8 Å². The Kier molecular flexibility index (Phi) is 5.99. The average Bonchev–Trinajstić information content (AvgIpc) is 2.56. The highest BCUT2D eigenvalue weighted by Gasteiger charge is 2.13. The standard InChI is InChI=1S/C18H20FN3O2S/c1-3-10-25(23,24)22-17-9-5-8-16(13(17)2)21-12-15-7-4-6-14(11-20)18(15)19/h4-9,21-22H,3,10,12H2,1-2H3. The summed E-state index contributed by atoms with van der Waals surface area (Å²) in [6.45, 7) is 3.77. The molecule has 0 fully saturated rings. The van der Waals surface area contributed by atoms with Crippen molar-refractivity contribution in [3.05, 3.63) is 58.9 Å². The van der Waals surface area contributed by atoms with Crippen LogP contribution in [-0.4, -0.2) is 14.2 Å². The number of nitrogens with zero attached hydrogens (tertiary/aromatic N) is 1. The minimum Gasteiger partial charge on any atom is -0.381 e. The van der Waals surface area contributed by atoms with E-state index in [4.69, 9.17) is 5.26 Å². The summed E-state index contributed by atoms with van der Waals surface area (Å²) in [6, 6.07) is 11.7. The van der Waals surface area contributed by atoms with Gasteiger partial charge in [-0.25, -0.2) is 12.8 Å². The molecule has 2 N–H and O–H groups in total. The van der Waals surface area contributed by atoms with Gasteiger partial charge in [0.05, 0.1) is 17.0 Å². The van der Waals surface area contributed by atoms with Crippen molar-refractivity contribution in [1.29, 1.82) is 5.26 Å². The van der Waals surface area contributed by atoms with Crippen LogP contribution in [0.2, 0.25) is 0 Å². The fourth-order valence-corrected chi connectivity index (χ4v) is 3.61. The van der Waals surface area contributed by atoms with Crippen molar-refractivity contribution in [2.45, 2.75) is 26.8 Å². The van der Waals surface area contributed by atoms with Crippen LogP contribution in [0.3, 0.4) is 0 Å². The van der Waals surface area contributed by atoms with Gasteiger partial charge in [-0.1, -0.05) is 25.1 Å². The van der Waals surface area contributed by atoms with E-state index in [0.29, 0.717) is 23.4 Å². The van der Waals surface area contributed by atoms with Crippen molar-refractivity contribution in [2.24, 2.45) is 0 Å². The van der Waals surface area contributed by atoms with E-state index < -0.39 is 15.8 Å². The first kappa shape index (κ1) is 18.7. The van der Waals surface area contributed by atoms with Gasteiger partial charge in [0.2, 0.25) is 10.0 Å². The predicted octanol–water partition coefficient (Wildman–Crippen LogP) is 3.77. The first-order valence-electron chi connectivity index (χ1n) is 7.89. The van der Waals surface area contributed by atoms with E-state index in [9.17, 15) is 12.8 Å². The van der Waals surface area contributed by atoms with Crippen LogP contribution >= 0.6 is 0 Å². The highest BCUT2D eigenvalue weighted by atomic mass is 32.2. The normalized spacial score (nSPS) is 11.0. The van der Waals surface area contributed by atoms with E-state index in [0.717, 1.165) is 5.56 Å². The van der Waals surface area contributed by atoms with Crippen LogP contribution in [0.15, 0.2) is 36.4 Å². The monoisotopic (exact) mass is 361 g/mol. The summed E-state index contributed by atoms with van der Waals surface area (Å²) in [5, 5.41) is 12.0. The molecule has 0 saturated heterocycles. The first-order valence-corrected chi connectivity index (χ1v) is 9.54. The SMILES string of the molecule is CCCS(=O)(=O)Nc1cccc(NCc2cccc(C#N)c2F)c1C. The fraction of sp³-hybridized carbons (Fsp3) is 0.278. The summed E-state index contributed by atoms with van der Waals surface area (Å²) in [5.41, 5.74) is 2.27. The molecule has 0 aliphatic rings. The summed E-state index contributed by atoms with van der Waals surface area (Å²) >= 11 is 0. The molecular weight excluding hydrogens is 341 g/mol. The Morgan fingerprint density at radius 2 is 1.84 bits per heavy atom. The minimum absolute atomic E-state index is 0.00269. The van der Waals surface area contributed by atoms with Crippen LogP contribution in [0.25, 0.3) is 0 Å². The van der Waals surface area contributed by atoms with Gasteiger partial charge in [-0.05, 0) is 37.1 Å². The molecular formula is C18H20FN3O2S. The Balaban J connectivity index is 2.19. The van der Waals surface area contributed by atoms with Crippen molar-refractivity contribution < 1.29 is 12.8 Å². The number of sulfonamides is 1. The second-order valence-corrected chi connectivity index (χ2v) is 7.48. The quantitative estimate of drug-likeness (QED) is 0.786. The van der Waals surface area contributed by atoms with Gasteiger partial charge in [-0.3, -0.25) is 4.72 Å². The predicted molar refractivity (Wildman–Crippen MR) is 97.3 cm³/mol. The molecule has 0 aliphatic carbocycles. The molecule has 0 amide bonds. The maximum atomic E-state index is 14.1. The van der Waals surface area contributed by atoms with Crippen molar-refractivity contribution in [2.75, 3.05) is 15.8 Å². The zero-order valence-electron chi connectivity index (χ0n) is 14.1. The Morgan fingerprint density at radius 3 is 2.52 bits per heavy atom. The van der Waals surface area contributed by atoms with Crippen LogP contribution in [0, 0.1) is 24.1 Å². The lowest BCUT2D eigenvalue weighted by atomic mass is 10.1. The minimum atomic E-state index is -3.38. The first-order chi connectivity index (χ1) is 11.9. The van der Waals surface area contributed by atoms with Gasteiger partial charge in [0, 0.05) is 17.8 Å². The number of anilines is 2. The molecule has 7 heteroatoms. The zero-order chi connectivity index (χ0) is 18.4. The van der Waals surface area contributed by atoms with Crippen LogP contribution in [0.1, 0.15) is 30.0 Å². The lowest BCUT2D eigenvalue weighted by Crippen LogP contribution is -2.17. The van der Waals surface area contributed by atoms with E-state index in [2.05, 4.69) is 10.0 Å². The smallest absolute Gasteiger partial charge is 0.232 e. The van der Waals surface area contributed by atoms with Gasteiger partial charge in [-0.15, -0.1) is 0 Å². The molecule has 25 heavy (non-hydrogen) atoms. The van der Waals surface area contributed by atoms with Crippen LogP contribution in [0.5, 0.6) is 0 Å². The topological polar surface area (TPSA) is 82.0 Å². The summed E-state index contributed by atoms with van der Waals surface area (Å²) in [6.07, 6.45) is 0.529. The number of rotatable bonds is 7. The number of halogens is 1. The van der Waals surface area contributed by atoms with Crippen molar-refractivity contribution in [3.8, 4) is 6.07 Å². The Morgan fingerprint density at radius 1 is 1.16 bits per heavy atom. The molecule has 2 aromatic carbocycles. The Bertz CT molecular complexity index is 905. The second-order valence-electron chi connectivity index (χ2n) is 5.64. The van der Waals surface area contributed by atoms with Gasteiger partial charge in [0.1, 0.15) is 11.9 Å². The van der Waals surface area contributed by atoms with E-state index in [1.807, 2.05) is 6.07 Å². The molecule has 0 aromatic heterocycles. The number of nitrogens with one attached hydrogen (secondary N) is 2. The van der Waals surface area contributed by atoms with E-state index in [1.54, 1.807) is 44.2 Å². The number of nitriles is 1. The highest BCUT2D eigenvalue weighted by Crippen LogP contribution is 2.25. The highest BCUT2D eigenvalue weighted by molar-refractivity contribution is 7.92. The summed E-state index contributed by atoms with van der Waals surface area (Å²) in [4.78, 5) is 0. The molecule has 0 aliphatic heterocycles. The fourth-order valence-electron chi connectivity index (χ4n) is 2.42. The largest absolute Gasteiger partial charge is 0.381 e. The number of hydrogen-bond acceptors (Lipinski definition) is 4. The van der Waals surface area contributed by atoms with Gasteiger partial charge >= 0.3 is 0 Å². The molecule has 0 atom stereocenters. The van der Waals surface area contributed by atoms with E-state index in [-0.39, 0.29) is 17.9 Å². The van der Waals surface area contributed by atoms with Crippen molar-refractivity contribution in [1.82, 2.24) is 0 Å². The molecule has 0 unspecified atom stereocenters. The van der Waals surface area contributed by atoms with E-state index >= 15 is 0 Å². The van der Waals surface area contributed by atoms with Gasteiger partial charge in [-0.2, -0.15) is 5.26 Å². The molecule has 2 aromatic rings. The third kappa shape index (κ3) is 4.70. The Hall–Kier alpha value is -2.59. The average molecular weight is 361 g/mol. The molecule has 0 radical (unpaired) electrons. The van der Waals surface area contributed by atoms with E-state index in [1.165, 1.54) is 6.07 Å². The molecule has 0 saturated carbocycles. The molecule has 0 spiro atoms. The van der Waals surface area contributed by atoms with Crippen LogP contribution in [-0.2, 0) is 16.6 Å². The second kappa shape index (κ2) is 7.99. The molecule has 2 rings (SSSR count).